The van der Waals surface area contributed by atoms with Crippen molar-refractivity contribution in [2.75, 3.05) is 5.32 Å². The van der Waals surface area contributed by atoms with E-state index in [0.29, 0.717) is 11.1 Å². The van der Waals surface area contributed by atoms with Crippen LogP contribution in [0.25, 0.3) is 0 Å². The minimum Gasteiger partial charge on any atom is -0.350 e. The molecule has 1 aromatic carbocycles. The summed E-state index contributed by atoms with van der Waals surface area (Å²) in [5, 5.41) is 11.4. The predicted octanol–water partition coefficient (Wildman–Crippen LogP) is 2.98. The largest absolute Gasteiger partial charge is 0.416 e. The van der Waals surface area contributed by atoms with Gasteiger partial charge in [0.25, 0.3) is 0 Å². The number of hydrogen-bond donors (Lipinski definition) is 1. The maximum atomic E-state index is 12.5. The Morgan fingerprint density at radius 2 is 1.90 bits per heavy atom. The van der Waals surface area contributed by atoms with Crippen molar-refractivity contribution in [1.29, 1.82) is 5.26 Å². The Morgan fingerprint density at radius 3 is 2.50 bits per heavy atom. The zero-order chi connectivity index (χ0) is 14.6. The van der Waals surface area contributed by atoms with Gasteiger partial charge in [-0.05, 0) is 17.7 Å². The Hall–Kier alpha value is -2.62. The number of alkyl halides is 3. The molecule has 0 radical (unpaired) electrons. The molecule has 0 aliphatic rings. The minimum absolute atomic E-state index is 0.163. The van der Waals surface area contributed by atoms with E-state index < -0.39 is 11.7 Å². The Bertz CT molecular complexity index is 629. The van der Waals surface area contributed by atoms with Gasteiger partial charge in [0.15, 0.2) is 0 Å². The molecule has 0 saturated heterocycles. The van der Waals surface area contributed by atoms with E-state index in [4.69, 9.17) is 5.26 Å². The van der Waals surface area contributed by atoms with Crippen LogP contribution < -0.4 is 5.32 Å². The fourth-order valence-corrected chi connectivity index (χ4v) is 1.52. The standard InChI is InChI=1S/C13H9F3N4/c14-13(15,16)11-3-1-2-9(4-11)6-18-12-19-7-10(5-17)8-20-12/h1-4,7-8H,6H2,(H,18,19,20). The van der Waals surface area contributed by atoms with Gasteiger partial charge in [-0.3, -0.25) is 0 Å². The lowest BCUT2D eigenvalue weighted by Gasteiger charge is -2.09. The van der Waals surface area contributed by atoms with Gasteiger partial charge in [0, 0.05) is 6.54 Å². The molecule has 4 nitrogen and oxygen atoms in total. The lowest BCUT2D eigenvalue weighted by molar-refractivity contribution is -0.137. The molecule has 1 heterocycles. The highest BCUT2D eigenvalue weighted by molar-refractivity contribution is 5.33. The van der Waals surface area contributed by atoms with Crippen LogP contribution in [0.15, 0.2) is 36.7 Å². The number of halogens is 3. The quantitative estimate of drug-likeness (QED) is 0.937. The topological polar surface area (TPSA) is 61.6 Å². The highest BCUT2D eigenvalue weighted by Crippen LogP contribution is 2.29. The van der Waals surface area contributed by atoms with Gasteiger partial charge >= 0.3 is 6.18 Å². The smallest absolute Gasteiger partial charge is 0.350 e. The van der Waals surface area contributed by atoms with Crippen molar-refractivity contribution in [3.8, 4) is 6.07 Å². The first-order valence-electron chi connectivity index (χ1n) is 5.61. The molecule has 102 valence electrons. The molecule has 2 rings (SSSR count). The fourth-order valence-electron chi connectivity index (χ4n) is 1.52. The van der Waals surface area contributed by atoms with Crippen LogP contribution in [0.4, 0.5) is 19.1 Å². The van der Waals surface area contributed by atoms with E-state index in [9.17, 15) is 13.2 Å². The summed E-state index contributed by atoms with van der Waals surface area (Å²) in [6.45, 7) is 0.163. The van der Waals surface area contributed by atoms with Gasteiger partial charge < -0.3 is 5.32 Å². The zero-order valence-corrected chi connectivity index (χ0v) is 10.1. The minimum atomic E-state index is -4.36. The number of benzene rings is 1. The van der Waals surface area contributed by atoms with E-state index >= 15 is 0 Å². The summed E-state index contributed by atoms with van der Waals surface area (Å²) >= 11 is 0. The number of aromatic nitrogens is 2. The molecular formula is C13H9F3N4. The third kappa shape index (κ3) is 3.45. The van der Waals surface area contributed by atoms with Gasteiger partial charge in [0.2, 0.25) is 5.95 Å². The summed E-state index contributed by atoms with van der Waals surface area (Å²) in [5.41, 5.74) is 0.0833. The van der Waals surface area contributed by atoms with Crippen LogP contribution in [0, 0.1) is 11.3 Å². The lowest BCUT2D eigenvalue weighted by atomic mass is 10.1. The Balaban J connectivity index is 2.05. The first kappa shape index (κ1) is 13.8. The van der Waals surface area contributed by atoms with Crippen LogP contribution in [0.2, 0.25) is 0 Å². The monoisotopic (exact) mass is 278 g/mol. The second kappa shape index (κ2) is 5.57. The predicted molar refractivity (Wildman–Crippen MR) is 65.5 cm³/mol. The Morgan fingerprint density at radius 1 is 1.20 bits per heavy atom. The number of rotatable bonds is 3. The average Bonchev–Trinajstić information content (AvgIpc) is 2.45. The molecular weight excluding hydrogens is 269 g/mol. The molecule has 0 amide bonds. The fraction of sp³-hybridized carbons (Fsp3) is 0.154. The average molecular weight is 278 g/mol. The van der Waals surface area contributed by atoms with Gasteiger partial charge in [-0.2, -0.15) is 18.4 Å². The summed E-state index contributed by atoms with van der Waals surface area (Å²) in [4.78, 5) is 7.74. The zero-order valence-electron chi connectivity index (χ0n) is 10.1. The summed E-state index contributed by atoms with van der Waals surface area (Å²) in [6, 6.07) is 6.88. The van der Waals surface area contributed by atoms with Gasteiger partial charge in [0.1, 0.15) is 6.07 Å². The van der Waals surface area contributed by atoms with Gasteiger partial charge in [-0.25, -0.2) is 9.97 Å². The van der Waals surface area contributed by atoms with Gasteiger partial charge in [-0.15, -0.1) is 0 Å². The summed E-state index contributed by atoms with van der Waals surface area (Å²) in [5.74, 6) is 0.251. The number of nitriles is 1. The first-order chi connectivity index (χ1) is 9.49. The molecule has 0 saturated carbocycles. The number of nitrogens with zero attached hydrogens (tertiary/aromatic N) is 3. The van der Waals surface area contributed by atoms with Crippen molar-refractivity contribution in [3.05, 3.63) is 53.3 Å². The third-order valence-electron chi connectivity index (χ3n) is 2.49. The second-order valence-corrected chi connectivity index (χ2v) is 3.96. The first-order valence-corrected chi connectivity index (χ1v) is 5.61. The van der Waals surface area contributed by atoms with E-state index in [1.165, 1.54) is 18.5 Å². The molecule has 1 N–H and O–H groups in total. The molecule has 0 atom stereocenters. The second-order valence-electron chi connectivity index (χ2n) is 3.96. The molecule has 7 heteroatoms. The highest BCUT2D eigenvalue weighted by atomic mass is 19.4. The van der Waals surface area contributed by atoms with Crippen LogP contribution in [0.3, 0.4) is 0 Å². The van der Waals surface area contributed by atoms with E-state index in [1.54, 1.807) is 6.07 Å². The highest BCUT2D eigenvalue weighted by Gasteiger charge is 2.30. The van der Waals surface area contributed by atoms with Crippen molar-refractivity contribution >= 4 is 5.95 Å². The number of hydrogen-bond acceptors (Lipinski definition) is 4. The van der Waals surface area contributed by atoms with Crippen LogP contribution in [-0.4, -0.2) is 9.97 Å². The van der Waals surface area contributed by atoms with Crippen LogP contribution in [0.5, 0.6) is 0 Å². The molecule has 0 aliphatic carbocycles. The summed E-state index contributed by atoms with van der Waals surface area (Å²) in [6.07, 6.45) is -1.69. The van der Waals surface area contributed by atoms with Crippen molar-refractivity contribution in [3.63, 3.8) is 0 Å². The van der Waals surface area contributed by atoms with Gasteiger partial charge in [0.05, 0.1) is 23.5 Å². The van der Waals surface area contributed by atoms with Crippen molar-refractivity contribution in [1.82, 2.24) is 9.97 Å². The molecule has 0 fully saturated rings. The van der Waals surface area contributed by atoms with E-state index in [2.05, 4.69) is 15.3 Å². The molecule has 0 aliphatic heterocycles. The van der Waals surface area contributed by atoms with E-state index in [1.807, 2.05) is 6.07 Å². The molecule has 0 unspecified atom stereocenters. The lowest BCUT2D eigenvalue weighted by Crippen LogP contribution is -2.07. The summed E-state index contributed by atoms with van der Waals surface area (Å²) < 4.78 is 37.6. The SMILES string of the molecule is N#Cc1cnc(NCc2cccc(C(F)(F)F)c2)nc1. The van der Waals surface area contributed by atoms with Gasteiger partial charge in [-0.1, -0.05) is 12.1 Å². The van der Waals surface area contributed by atoms with Crippen LogP contribution >= 0.6 is 0 Å². The maximum absolute atomic E-state index is 12.5. The van der Waals surface area contributed by atoms with Crippen molar-refractivity contribution in [2.24, 2.45) is 0 Å². The van der Waals surface area contributed by atoms with Crippen molar-refractivity contribution in [2.45, 2.75) is 12.7 Å². The van der Waals surface area contributed by atoms with Crippen LogP contribution in [-0.2, 0) is 12.7 Å². The number of anilines is 1. The molecule has 2 aromatic rings. The Labute approximate surface area is 112 Å². The van der Waals surface area contributed by atoms with Crippen molar-refractivity contribution < 1.29 is 13.2 Å². The molecule has 20 heavy (non-hydrogen) atoms. The maximum Gasteiger partial charge on any atom is 0.416 e. The van der Waals surface area contributed by atoms with Crippen LogP contribution in [0.1, 0.15) is 16.7 Å². The molecule has 0 spiro atoms. The number of nitrogens with one attached hydrogen (secondary N) is 1. The van der Waals surface area contributed by atoms with E-state index in [-0.39, 0.29) is 12.5 Å². The molecule has 0 bridgehead atoms. The van der Waals surface area contributed by atoms with E-state index in [0.717, 1.165) is 12.1 Å². The summed E-state index contributed by atoms with van der Waals surface area (Å²) in [7, 11) is 0. The third-order valence-corrected chi connectivity index (χ3v) is 2.49. The Kier molecular flexibility index (Phi) is 3.84. The molecule has 1 aromatic heterocycles. The normalized spacial score (nSPS) is 10.9.